The molecule has 1 N–H and O–H groups in total. The second-order valence-corrected chi connectivity index (χ2v) is 4.69. The van der Waals surface area contributed by atoms with Crippen LogP contribution in [0, 0.1) is 0 Å². The summed E-state index contributed by atoms with van der Waals surface area (Å²) in [5, 5.41) is 13.6. The van der Waals surface area contributed by atoms with Crippen molar-refractivity contribution in [2.45, 2.75) is 19.0 Å². The monoisotopic (exact) mass is 273 g/mol. The molecule has 1 aliphatic rings. The number of hydrogen-bond acceptors (Lipinski definition) is 6. The highest BCUT2D eigenvalue weighted by Crippen LogP contribution is 2.17. The van der Waals surface area contributed by atoms with Crippen molar-refractivity contribution in [2.75, 3.05) is 18.0 Å². The number of rotatable bonds is 4. The molecule has 1 unspecified atom stereocenters. The first-order valence-electron chi connectivity index (χ1n) is 6.47. The molecule has 2 aromatic rings. The van der Waals surface area contributed by atoms with Gasteiger partial charge in [0.1, 0.15) is 18.7 Å². The molecule has 20 heavy (non-hydrogen) atoms. The topological polar surface area (TPSA) is 88.8 Å². The van der Waals surface area contributed by atoms with Gasteiger partial charge in [-0.2, -0.15) is 0 Å². The zero-order chi connectivity index (χ0) is 13.8. The number of amides is 1. The Labute approximate surface area is 115 Å². The van der Waals surface area contributed by atoms with Gasteiger partial charge < -0.3 is 10.2 Å². The van der Waals surface area contributed by atoms with E-state index in [9.17, 15) is 4.79 Å². The molecule has 0 saturated carbocycles. The molecule has 8 heteroatoms. The Kier molecular flexibility index (Phi) is 3.53. The number of carbonyl (C=O) groups is 1. The van der Waals surface area contributed by atoms with Crippen molar-refractivity contribution in [2.24, 2.45) is 0 Å². The minimum absolute atomic E-state index is 0.0785. The molecule has 1 atom stereocenters. The van der Waals surface area contributed by atoms with Crippen molar-refractivity contribution >= 4 is 11.7 Å². The van der Waals surface area contributed by atoms with Crippen LogP contribution in [0.4, 0.5) is 5.82 Å². The Balaban J connectivity index is 1.52. The largest absolute Gasteiger partial charge is 0.354 e. The number of carbonyl (C=O) groups excluding carboxylic acids is 1. The van der Waals surface area contributed by atoms with Crippen LogP contribution in [0.25, 0.3) is 0 Å². The lowest BCUT2D eigenvalue weighted by molar-refractivity contribution is -0.122. The summed E-state index contributed by atoms with van der Waals surface area (Å²) < 4.78 is 1.40. The Bertz CT molecular complexity index is 556. The van der Waals surface area contributed by atoms with E-state index in [1.54, 1.807) is 6.20 Å². The number of pyridine rings is 1. The molecular formula is C12H15N7O. The quantitative estimate of drug-likeness (QED) is 0.805. The lowest BCUT2D eigenvalue weighted by atomic mass is 10.2. The first kappa shape index (κ1) is 12.5. The van der Waals surface area contributed by atoms with Crippen LogP contribution in [-0.2, 0) is 11.3 Å². The summed E-state index contributed by atoms with van der Waals surface area (Å²) in [6.07, 6.45) is 4.12. The SMILES string of the molecule is O=C(Cn1cnnn1)NC1CCN(c2ccccn2)C1. The number of tetrazole rings is 1. The minimum atomic E-state index is -0.0785. The molecule has 1 amide bonds. The summed E-state index contributed by atoms with van der Waals surface area (Å²) in [6.45, 7) is 1.82. The van der Waals surface area contributed by atoms with Gasteiger partial charge in [0.25, 0.3) is 0 Å². The summed E-state index contributed by atoms with van der Waals surface area (Å²) in [5.41, 5.74) is 0. The number of nitrogens with one attached hydrogen (secondary N) is 1. The van der Waals surface area contributed by atoms with Gasteiger partial charge in [-0.15, -0.1) is 5.10 Å². The molecule has 0 bridgehead atoms. The van der Waals surface area contributed by atoms with Crippen molar-refractivity contribution in [1.29, 1.82) is 0 Å². The molecule has 0 aliphatic carbocycles. The normalized spacial score (nSPS) is 18.2. The van der Waals surface area contributed by atoms with Crippen molar-refractivity contribution in [3.63, 3.8) is 0 Å². The molecule has 3 rings (SSSR count). The van der Waals surface area contributed by atoms with Crippen LogP contribution in [-0.4, -0.2) is 50.2 Å². The first-order chi connectivity index (χ1) is 9.81. The maximum absolute atomic E-state index is 11.8. The van der Waals surface area contributed by atoms with Gasteiger partial charge in [-0.1, -0.05) is 6.07 Å². The Morgan fingerprint density at radius 3 is 3.15 bits per heavy atom. The predicted molar refractivity (Wildman–Crippen MR) is 70.8 cm³/mol. The van der Waals surface area contributed by atoms with E-state index in [0.29, 0.717) is 0 Å². The smallest absolute Gasteiger partial charge is 0.242 e. The molecule has 104 valence electrons. The van der Waals surface area contributed by atoms with Crippen LogP contribution >= 0.6 is 0 Å². The maximum atomic E-state index is 11.8. The highest BCUT2D eigenvalue weighted by Gasteiger charge is 2.24. The van der Waals surface area contributed by atoms with E-state index in [0.717, 1.165) is 25.3 Å². The lowest BCUT2D eigenvalue weighted by Gasteiger charge is -2.17. The average Bonchev–Trinajstić information content (AvgIpc) is 3.11. The standard InChI is InChI=1S/C12H15N7O/c20-12(8-19-9-14-16-17-19)15-10-4-6-18(7-10)11-3-1-2-5-13-11/h1-3,5,9-10H,4,6-8H2,(H,15,20). The molecule has 0 spiro atoms. The Morgan fingerprint density at radius 1 is 1.45 bits per heavy atom. The van der Waals surface area contributed by atoms with Gasteiger partial charge in [-0.05, 0) is 29.0 Å². The average molecular weight is 273 g/mol. The number of nitrogens with zero attached hydrogens (tertiary/aromatic N) is 6. The number of hydrogen-bond donors (Lipinski definition) is 1. The fourth-order valence-electron chi connectivity index (χ4n) is 2.30. The van der Waals surface area contributed by atoms with Crippen LogP contribution < -0.4 is 10.2 Å². The molecule has 1 aliphatic heterocycles. The number of aromatic nitrogens is 5. The van der Waals surface area contributed by atoms with Gasteiger partial charge in [0, 0.05) is 25.3 Å². The van der Waals surface area contributed by atoms with Crippen LogP contribution in [0.2, 0.25) is 0 Å². The van der Waals surface area contributed by atoms with E-state index < -0.39 is 0 Å². The molecule has 0 radical (unpaired) electrons. The van der Waals surface area contributed by atoms with E-state index in [-0.39, 0.29) is 18.5 Å². The lowest BCUT2D eigenvalue weighted by Crippen LogP contribution is -2.39. The molecular weight excluding hydrogens is 258 g/mol. The molecule has 1 saturated heterocycles. The second kappa shape index (κ2) is 5.64. The van der Waals surface area contributed by atoms with Crippen molar-refractivity contribution in [3.05, 3.63) is 30.7 Å². The van der Waals surface area contributed by atoms with Crippen LogP contribution in [0.1, 0.15) is 6.42 Å². The highest BCUT2D eigenvalue weighted by atomic mass is 16.2. The fourth-order valence-corrected chi connectivity index (χ4v) is 2.30. The van der Waals surface area contributed by atoms with E-state index in [2.05, 4.69) is 30.7 Å². The molecule has 2 aromatic heterocycles. The van der Waals surface area contributed by atoms with Gasteiger partial charge in [0.05, 0.1) is 0 Å². The summed E-state index contributed by atoms with van der Waals surface area (Å²) in [4.78, 5) is 18.3. The third-order valence-electron chi connectivity index (χ3n) is 3.22. The maximum Gasteiger partial charge on any atom is 0.242 e. The Morgan fingerprint density at radius 2 is 2.40 bits per heavy atom. The third kappa shape index (κ3) is 2.90. The van der Waals surface area contributed by atoms with Gasteiger partial charge in [0.2, 0.25) is 5.91 Å². The first-order valence-corrected chi connectivity index (χ1v) is 6.47. The summed E-state index contributed by atoms with van der Waals surface area (Å²) in [6, 6.07) is 5.98. The van der Waals surface area contributed by atoms with E-state index >= 15 is 0 Å². The van der Waals surface area contributed by atoms with Crippen molar-refractivity contribution < 1.29 is 4.79 Å². The number of anilines is 1. The molecule has 0 aromatic carbocycles. The van der Waals surface area contributed by atoms with E-state index in [1.807, 2.05) is 18.2 Å². The van der Waals surface area contributed by atoms with E-state index in [4.69, 9.17) is 0 Å². The van der Waals surface area contributed by atoms with E-state index in [1.165, 1.54) is 11.0 Å². The van der Waals surface area contributed by atoms with Gasteiger partial charge >= 0.3 is 0 Å². The van der Waals surface area contributed by atoms with Crippen LogP contribution in [0.15, 0.2) is 30.7 Å². The predicted octanol–water partition coefficient (Wildman–Crippen LogP) is -0.537. The summed E-state index contributed by atoms with van der Waals surface area (Å²) in [7, 11) is 0. The van der Waals surface area contributed by atoms with Crippen molar-refractivity contribution in [1.82, 2.24) is 30.5 Å². The van der Waals surface area contributed by atoms with Crippen LogP contribution in [0.5, 0.6) is 0 Å². The van der Waals surface area contributed by atoms with Gasteiger partial charge in [0.15, 0.2) is 0 Å². The fraction of sp³-hybridized carbons (Fsp3) is 0.417. The zero-order valence-corrected chi connectivity index (χ0v) is 10.9. The summed E-state index contributed by atoms with van der Waals surface area (Å²) >= 11 is 0. The third-order valence-corrected chi connectivity index (χ3v) is 3.22. The minimum Gasteiger partial charge on any atom is -0.354 e. The Hall–Kier alpha value is -2.51. The zero-order valence-electron chi connectivity index (χ0n) is 10.9. The highest BCUT2D eigenvalue weighted by molar-refractivity contribution is 5.76. The molecule has 1 fully saturated rings. The molecule has 3 heterocycles. The van der Waals surface area contributed by atoms with Gasteiger partial charge in [-0.3, -0.25) is 4.79 Å². The molecule has 8 nitrogen and oxygen atoms in total. The van der Waals surface area contributed by atoms with Crippen LogP contribution in [0.3, 0.4) is 0 Å². The van der Waals surface area contributed by atoms with Gasteiger partial charge in [-0.25, -0.2) is 9.67 Å². The second-order valence-electron chi connectivity index (χ2n) is 4.69. The van der Waals surface area contributed by atoms with Crippen molar-refractivity contribution in [3.8, 4) is 0 Å². The summed E-state index contributed by atoms with van der Waals surface area (Å²) in [5.74, 6) is 0.870.